The second-order valence-electron chi connectivity index (χ2n) is 6.11. The van der Waals surface area contributed by atoms with Gasteiger partial charge in [0.1, 0.15) is 6.54 Å². The Bertz CT molecular complexity index is 406. The second kappa shape index (κ2) is 12.3. The molecule has 124 valence electrons. The van der Waals surface area contributed by atoms with Crippen molar-refractivity contribution < 1.29 is 5.11 Å². The van der Waals surface area contributed by atoms with E-state index < -0.39 is 0 Å². The lowest BCUT2D eigenvalue weighted by Gasteiger charge is -2.20. The summed E-state index contributed by atoms with van der Waals surface area (Å²) >= 11 is 0. The molecular weight excluding hydrogens is 274 g/mol. The standard InChI is InChI=1S/C19H31NO2/c1-2-3-11-17(12-7-5-4-6-10-15-21)19-14-9-8-13-18(19)16-20-22/h8-9,13-14,17,21H,2-7,10-12,15-16H2,1H3. The number of hydrogen-bond donors (Lipinski definition) is 1. The van der Waals surface area contributed by atoms with Crippen molar-refractivity contribution >= 4 is 0 Å². The molecule has 0 fully saturated rings. The lowest BCUT2D eigenvalue weighted by atomic mass is 9.86. The van der Waals surface area contributed by atoms with Gasteiger partial charge >= 0.3 is 0 Å². The molecule has 1 N–H and O–H groups in total. The molecule has 0 aliphatic rings. The quantitative estimate of drug-likeness (QED) is 0.383. The summed E-state index contributed by atoms with van der Waals surface area (Å²) in [5.41, 5.74) is 2.42. The van der Waals surface area contributed by atoms with Gasteiger partial charge in [-0.1, -0.05) is 74.9 Å². The average molecular weight is 305 g/mol. The van der Waals surface area contributed by atoms with E-state index in [-0.39, 0.29) is 6.54 Å². The van der Waals surface area contributed by atoms with Crippen molar-refractivity contribution in [1.29, 1.82) is 0 Å². The van der Waals surface area contributed by atoms with E-state index in [9.17, 15) is 4.91 Å². The molecule has 3 heteroatoms. The molecule has 1 atom stereocenters. The van der Waals surface area contributed by atoms with Crippen LogP contribution in [-0.4, -0.2) is 11.7 Å². The highest BCUT2D eigenvalue weighted by atomic mass is 16.3. The summed E-state index contributed by atoms with van der Waals surface area (Å²) in [5, 5.41) is 11.9. The largest absolute Gasteiger partial charge is 0.396 e. The highest BCUT2D eigenvalue weighted by molar-refractivity contribution is 5.30. The Kier molecular flexibility index (Phi) is 10.6. The van der Waals surface area contributed by atoms with Crippen LogP contribution >= 0.6 is 0 Å². The molecule has 0 saturated heterocycles. The molecule has 3 nitrogen and oxygen atoms in total. The van der Waals surface area contributed by atoms with E-state index in [2.05, 4.69) is 24.2 Å². The highest BCUT2D eigenvalue weighted by Crippen LogP contribution is 2.31. The molecule has 0 aromatic heterocycles. The Hall–Kier alpha value is -1.22. The zero-order valence-electron chi connectivity index (χ0n) is 14.0. The molecule has 1 unspecified atom stereocenters. The summed E-state index contributed by atoms with van der Waals surface area (Å²) in [6.45, 7) is 2.82. The van der Waals surface area contributed by atoms with Crippen LogP contribution < -0.4 is 0 Å². The van der Waals surface area contributed by atoms with Crippen molar-refractivity contribution in [3.8, 4) is 0 Å². The fourth-order valence-electron chi connectivity index (χ4n) is 3.08. The number of nitroso groups, excluding NO2 is 1. The van der Waals surface area contributed by atoms with E-state index in [4.69, 9.17) is 5.11 Å². The molecule has 0 bridgehead atoms. The monoisotopic (exact) mass is 305 g/mol. The maximum atomic E-state index is 10.7. The first-order chi connectivity index (χ1) is 10.8. The molecule has 0 heterocycles. The van der Waals surface area contributed by atoms with Gasteiger partial charge in [-0.25, -0.2) is 0 Å². The summed E-state index contributed by atoms with van der Waals surface area (Å²) in [6.07, 6.45) is 10.5. The van der Waals surface area contributed by atoms with Crippen molar-refractivity contribution in [2.24, 2.45) is 5.18 Å². The van der Waals surface area contributed by atoms with Gasteiger partial charge in [-0.3, -0.25) is 0 Å². The van der Waals surface area contributed by atoms with Gasteiger partial charge in [-0.05, 0) is 36.3 Å². The Morgan fingerprint density at radius 1 is 1.00 bits per heavy atom. The van der Waals surface area contributed by atoms with E-state index in [1.807, 2.05) is 12.1 Å². The topological polar surface area (TPSA) is 49.7 Å². The van der Waals surface area contributed by atoms with Crippen molar-refractivity contribution in [1.82, 2.24) is 0 Å². The first kappa shape index (κ1) is 18.8. The first-order valence-corrected chi connectivity index (χ1v) is 8.81. The van der Waals surface area contributed by atoms with Gasteiger partial charge in [0.15, 0.2) is 0 Å². The maximum absolute atomic E-state index is 10.7. The fraction of sp³-hybridized carbons (Fsp3) is 0.684. The first-order valence-electron chi connectivity index (χ1n) is 8.81. The number of aliphatic hydroxyl groups excluding tert-OH is 1. The van der Waals surface area contributed by atoms with Gasteiger partial charge in [-0.2, -0.15) is 4.91 Å². The van der Waals surface area contributed by atoms with Crippen LogP contribution in [0.3, 0.4) is 0 Å². The van der Waals surface area contributed by atoms with E-state index in [0.29, 0.717) is 12.5 Å². The third-order valence-corrected chi connectivity index (χ3v) is 4.35. The molecule has 0 spiro atoms. The molecule has 0 aliphatic carbocycles. The molecular formula is C19H31NO2. The van der Waals surface area contributed by atoms with E-state index >= 15 is 0 Å². The lowest BCUT2D eigenvalue weighted by molar-refractivity contribution is 0.282. The number of rotatable bonds is 13. The van der Waals surface area contributed by atoms with E-state index in [1.165, 1.54) is 50.5 Å². The average Bonchev–Trinajstić information content (AvgIpc) is 2.54. The van der Waals surface area contributed by atoms with Crippen LogP contribution in [0.4, 0.5) is 0 Å². The maximum Gasteiger partial charge on any atom is 0.106 e. The van der Waals surface area contributed by atoms with E-state index in [1.54, 1.807) is 0 Å². The predicted molar refractivity (Wildman–Crippen MR) is 93.0 cm³/mol. The molecule has 1 aromatic carbocycles. The molecule has 0 radical (unpaired) electrons. The van der Waals surface area contributed by atoms with Crippen molar-refractivity contribution in [2.75, 3.05) is 6.61 Å². The molecule has 0 amide bonds. The number of nitrogens with zero attached hydrogens (tertiary/aromatic N) is 1. The second-order valence-corrected chi connectivity index (χ2v) is 6.11. The Labute approximate surface area is 135 Å². The minimum Gasteiger partial charge on any atom is -0.396 e. The van der Waals surface area contributed by atoms with Gasteiger partial charge in [0.05, 0.1) is 0 Å². The predicted octanol–water partition coefficient (Wildman–Crippen LogP) is 5.56. The van der Waals surface area contributed by atoms with Crippen LogP contribution in [0.15, 0.2) is 29.4 Å². The molecule has 1 aromatic rings. The number of hydrogen-bond acceptors (Lipinski definition) is 3. The SMILES string of the molecule is CCCCC(CCCCCCCO)c1ccccc1CN=O. The van der Waals surface area contributed by atoms with Gasteiger partial charge in [0, 0.05) is 6.61 Å². The zero-order valence-corrected chi connectivity index (χ0v) is 14.0. The summed E-state index contributed by atoms with van der Waals surface area (Å²) < 4.78 is 0. The van der Waals surface area contributed by atoms with Gasteiger partial charge in [-0.15, -0.1) is 0 Å². The van der Waals surface area contributed by atoms with Gasteiger partial charge in [0.25, 0.3) is 0 Å². The third-order valence-electron chi connectivity index (χ3n) is 4.35. The van der Waals surface area contributed by atoms with Crippen LogP contribution in [0, 0.1) is 4.91 Å². The van der Waals surface area contributed by atoms with Crippen molar-refractivity contribution in [3.05, 3.63) is 40.3 Å². The third kappa shape index (κ3) is 7.17. The summed E-state index contributed by atoms with van der Waals surface area (Å²) in [6, 6.07) is 8.28. The van der Waals surface area contributed by atoms with Crippen LogP contribution in [0.2, 0.25) is 0 Å². The number of unbranched alkanes of at least 4 members (excludes halogenated alkanes) is 5. The van der Waals surface area contributed by atoms with Crippen LogP contribution in [0.5, 0.6) is 0 Å². The minimum atomic E-state index is 0.287. The molecule has 1 rings (SSSR count). The smallest absolute Gasteiger partial charge is 0.106 e. The van der Waals surface area contributed by atoms with Crippen LogP contribution in [0.1, 0.15) is 81.8 Å². The Balaban J connectivity index is 2.57. The summed E-state index contributed by atoms with van der Waals surface area (Å²) in [7, 11) is 0. The number of benzene rings is 1. The highest BCUT2D eigenvalue weighted by Gasteiger charge is 2.14. The van der Waals surface area contributed by atoms with Gasteiger partial charge < -0.3 is 5.11 Å². The summed E-state index contributed by atoms with van der Waals surface area (Å²) in [4.78, 5) is 10.7. The molecule has 22 heavy (non-hydrogen) atoms. The minimum absolute atomic E-state index is 0.287. The molecule has 0 saturated carbocycles. The lowest BCUT2D eigenvalue weighted by Crippen LogP contribution is -2.03. The van der Waals surface area contributed by atoms with Crippen molar-refractivity contribution in [3.63, 3.8) is 0 Å². The molecule has 0 aliphatic heterocycles. The fourth-order valence-corrected chi connectivity index (χ4v) is 3.08. The van der Waals surface area contributed by atoms with Crippen molar-refractivity contribution in [2.45, 2.75) is 77.2 Å². The number of aliphatic hydroxyl groups is 1. The Morgan fingerprint density at radius 3 is 2.41 bits per heavy atom. The normalized spacial score (nSPS) is 12.3. The van der Waals surface area contributed by atoms with Crippen LogP contribution in [-0.2, 0) is 6.54 Å². The summed E-state index contributed by atoms with van der Waals surface area (Å²) in [5.74, 6) is 0.552. The van der Waals surface area contributed by atoms with Gasteiger partial charge in [0.2, 0.25) is 0 Å². The van der Waals surface area contributed by atoms with Crippen LogP contribution in [0.25, 0.3) is 0 Å². The van der Waals surface area contributed by atoms with E-state index in [0.717, 1.165) is 18.4 Å². The zero-order chi connectivity index (χ0) is 16.0. The Morgan fingerprint density at radius 2 is 1.68 bits per heavy atom.